The van der Waals surface area contributed by atoms with Gasteiger partial charge in [0.05, 0.1) is 12.5 Å². The molecule has 1 aromatic carbocycles. The molecule has 0 aromatic heterocycles. The van der Waals surface area contributed by atoms with Gasteiger partial charge in [-0.3, -0.25) is 4.79 Å². The van der Waals surface area contributed by atoms with Crippen LogP contribution in [0.15, 0.2) is 30.3 Å². The van der Waals surface area contributed by atoms with Crippen LogP contribution in [0.1, 0.15) is 44.3 Å². The second-order valence-corrected chi connectivity index (χ2v) is 6.40. The topological polar surface area (TPSA) is 52.6 Å². The van der Waals surface area contributed by atoms with Gasteiger partial charge in [0.1, 0.15) is 0 Å². The van der Waals surface area contributed by atoms with Gasteiger partial charge in [-0.2, -0.15) is 0 Å². The monoisotopic (exact) mass is 304 g/mol. The van der Waals surface area contributed by atoms with Crippen molar-refractivity contribution < 1.29 is 9.90 Å². The van der Waals surface area contributed by atoms with Gasteiger partial charge in [0, 0.05) is 13.1 Å². The second kappa shape index (κ2) is 8.91. The smallest absolute Gasteiger partial charge is 0.222 e. The van der Waals surface area contributed by atoms with E-state index < -0.39 is 6.10 Å². The molecule has 1 heterocycles. The van der Waals surface area contributed by atoms with Crippen LogP contribution in [0.25, 0.3) is 0 Å². The molecule has 2 unspecified atom stereocenters. The Morgan fingerprint density at radius 3 is 2.59 bits per heavy atom. The summed E-state index contributed by atoms with van der Waals surface area (Å²) in [5.41, 5.74) is 0.791. The molecular weight excluding hydrogens is 276 g/mol. The third kappa shape index (κ3) is 5.78. The minimum atomic E-state index is -0.724. The fourth-order valence-electron chi connectivity index (χ4n) is 2.98. The van der Waals surface area contributed by atoms with Crippen LogP contribution in [0, 0.1) is 5.92 Å². The van der Waals surface area contributed by atoms with Crippen molar-refractivity contribution in [2.75, 3.05) is 26.2 Å². The van der Waals surface area contributed by atoms with Crippen molar-refractivity contribution in [3.8, 4) is 0 Å². The summed E-state index contributed by atoms with van der Waals surface area (Å²) in [6.07, 6.45) is 3.34. The summed E-state index contributed by atoms with van der Waals surface area (Å²) < 4.78 is 0. The van der Waals surface area contributed by atoms with E-state index in [-0.39, 0.29) is 12.3 Å². The number of carbonyl (C=O) groups excluding carboxylic acids is 1. The molecule has 0 aliphatic carbocycles. The molecule has 1 fully saturated rings. The van der Waals surface area contributed by atoms with E-state index in [0.29, 0.717) is 12.5 Å². The van der Waals surface area contributed by atoms with Crippen LogP contribution >= 0.6 is 0 Å². The van der Waals surface area contributed by atoms with E-state index in [0.717, 1.165) is 12.1 Å². The van der Waals surface area contributed by atoms with Gasteiger partial charge < -0.3 is 15.3 Å². The molecule has 4 nitrogen and oxygen atoms in total. The van der Waals surface area contributed by atoms with E-state index in [1.54, 1.807) is 0 Å². The molecular formula is C18H28N2O2. The molecule has 0 spiro atoms. The minimum absolute atomic E-state index is 0.0816. The number of benzene rings is 1. The largest absolute Gasteiger partial charge is 0.388 e. The highest BCUT2D eigenvalue weighted by Crippen LogP contribution is 2.15. The summed E-state index contributed by atoms with van der Waals surface area (Å²) in [5.74, 6) is 0.359. The first-order valence-corrected chi connectivity index (χ1v) is 8.37. The number of piperidine rings is 1. The van der Waals surface area contributed by atoms with Crippen molar-refractivity contribution in [1.29, 1.82) is 0 Å². The van der Waals surface area contributed by atoms with Gasteiger partial charge in [-0.15, -0.1) is 0 Å². The molecule has 2 rings (SSSR count). The van der Waals surface area contributed by atoms with E-state index in [2.05, 4.69) is 17.1 Å². The zero-order valence-corrected chi connectivity index (χ0v) is 13.5. The number of aliphatic hydroxyl groups excluding tert-OH is 1. The van der Waals surface area contributed by atoms with Gasteiger partial charge in [0.15, 0.2) is 0 Å². The Kier molecular flexibility index (Phi) is 6.87. The summed E-state index contributed by atoms with van der Waals surface area (Å²) in [5, 5.41) is 13.0. The van der Waals surface area contributed by atoms with Crippen molar-refractivity contribution in [1.82, 2.24) is 10.2 Å². The molecule has 22 heavy (non-hydrogen) atoms. The Labute approximate surface area is 133 Å². The van der Waals surface area contributed by atoms with Gasteiger partial charge in [-0.25, -0.2) is 0 Å². The molecule has 0 saturated carbocycles. The average molecular weight is 304 g/mol. The molecule has 1 aromatic rings. The van der Waals surface area contributed by atoms with Crippen molar-refractivity contribution in [3.05, 3.63) is 35.9 Å². The molecule has 1 saturated heterocycles. The highest BCUT2D eigenvalue weighted by molar-refractivity contribution is 5.76. The molecule has 2 N–H and O–H groups in total. The van der Waals surface area contributed by atoms with Crippen LogP contribution in [0.5, 0.6) is 0 Å². The summed E-state index contributed by atoms with van der Waals surface area (Å²) in [7, 11) is 0. The van der Waals surface area contributed by atoms with E-state index in [9.17, 15) is 9.90 Å². The van der Waals surface area contributed by atoms with Crippen molar-refractivity contribution in [2.24, 2.45) is 5.92 Å². The zero-order chi connectivity index (χ0) is 15.8. The number of hydrogen-bond donors (Lipinski definition) is 2. The van der Waals surface area contributed by atoms with Gasteiger partial charge >= 0.3 is 0 Å². The molecule has 2 atom stereocenters. The predicted molar refractivity (Wildman–Crippen MR) is 88.5 cm³/mol. The molecule has 1 amide bonds. The number of hydrogen-bond acceptors (Lipinski definition) is 3. The van der Waals surface area contributed by atoms with Crippen LogP contribution < -0.4 is 5.32 Å². The number of nitrogens with zero attached hydrogens (tertiary/aromatic N) is 1. The molecule has 0 bridgehead atoms. The Morgan fingerprint density at radius 1 is 1.23 bits per heavy atom. The second-order valence-electron chi connectivity index (χ2n) is 6.40. The normalized spacial score (nSPS) is 18.6. The summed E-state index contributed by atoms with van der Waals surface area (Å²) in [6.45, 7) is 6.26. The Bertz CT molecular complexity index is 444. The van der Waals surface area contributed by atoms with Crippen LogP contribution in [0.2, 0.25) is 0 Å². The number of rotatable bonds is 7. The van der Waals surface area contributed by atoms with Crippen LogP contribution in [-0.2, 0) is 4.79 Å². The highest BCUT2D eigenvalue weighted by atomic mass is 16.3. The molecule has 0 radical (unpaired) electrons. The van der Waals surface area contributed by atoms with Gasteiger partial charge in [0.2, 0.25) is 5.91 Å². The predicted octanol–water partition coefficient (Wildman–Crippen LogP) is 2.35. The van der Waals surface area contributed by atoms with Crippen molar-refractivity contribution in [3.63, 3.8) is 0 Å². The van der Waals surface area contributed by atoms with Gasteiger partial charge in [0.25, 0.3) is 0 Å². The Hall–Kier alpha value is -1.39. The van der Waals surface area contributed by atoms with Crippen LogP contribution in [0.3, 0.4) is 0 Å². The van der Waals surface area contributed by atoms with Crippen LogP contribution in [0.4, 0.5) is 0 Å². The standard InChI is InChI=1S/C18H28N2O2/c1-15(14-20-10-6-3-7-11-20)13-19-18(22)12-17(21)16-8-4-2-5-9-16/h2,4-5,8-9,15,17,21H,3,6-7,10-14H2,1H3,(H,19,22). The highest BCUT2D eigenvalue weighted by Gasteiger charge is 2.16. The molecule has 122 valence electrons. The third-order valence-electron chi connectivity index (χ3n) is 4.23. The van der Waals surface area contributed by atoms with Gasteiger partial charge in [-0.1, -0.05) is 43.7 Å². The number of aliphatic hydroxyl groups is 1. The first-order chi connectivity index (χ1) is 10.6. The number of carbonyl (C=O) groups is 1. The lowest BCUT2D eigenvalue weighted by atomic mass is 10.1. The first kappa shape index (κ1) is 17.0. The lowest BCUT2D eigenvalue weighted by Gasteiger charge is -2.29. The number of likely N-dealkylation sites (tertiary alicyclic amines) is 1. The average Bonchev–Trinajstić information content (AvgIpc) is 2.55. The quantitative estimate of drug-likeness (QED) is 0.813. The molecule has 1 aliphatic rings. The third-order valence-corrected chi connectivity index (χ3v) is 4.23. The van der Waals surface area contributed by atoms with E-state index in [4.69, 9.17) is 0 Å². The maximum atomic E-state index is 11.9. The maximum absolute atomic E-state index is 11.9. The number of amides is 1. The van der Waals surface area contributed by atoms with Gasteiger partial charge in [-0.05, 0) is 37.4 Å². The van der Waals surface area contributed by atoms with E-state index in [1.807, 2.05) is 30.3 Å². The molecule has 1 aliphatic heterocycles. The Morgan fingerprint density at radius 2 is 1.91 bits per heavy atom. The van der Waals surface area contributed by atoms with Crippen molar-refractivity contribution in [2.45, 2.75) is 38.7 Å². The van der Waals surface area contributed by atoms with E-state index >= 15 is 0 Å². The number of nitrogens with one attached hydrogen (secondary N) is 1. The minimum Gasteiger partial charge on any atom is -0.388 e. The maximum Gasteiger partial charge on any atom is 0.222 e. The van der Waals surface area contributed by atoms with Crippen molar-refractivity contribution >= 4 is 5.91 Å². The van der Waals surface area contributed by atoms with Crippen LogP contribution in [-0.4, -0.2) is 42.1 Å². The lowest BCUT2D eigenvalue weighted by molar-refractivity contribution is -0.123. The summed E-state index contributed by atoms with van der Waals surface area (Å²) >= 11 is 0. The van der Waals surface area contributed by atoms with E-state index in [1.165, 1.54) is 32.4 Å². The summed E-state index contributed by atoms with van der Waals surface area (Å²) in [6, 6.07) is 9.33. The zero-order valence-electron chi connectivity index (χ0n) is 13.5. The molecule has 4 heteroatoms. The SMILES string of the molecule is CC(CNC(=O)CC(O)c1ccccc1)CN1CCCCC1. The Balaban J connectivity index is 1.66. The fraction of sp³-hybridized carbons (Fsp3) is 0.611. The lowest BCUT2D eigenvalue weighted by Crippen LogP contribution is -2.38. The first-order valence-electron chi connectivity index (χ1n) is 8.37. The fourth-order valence-corrected chi connectivity index (χ4v) is 2.98. The summed E-state index contributed by atoms with van der Waals surface area (Å²) in [4.78, 5) is 14.4.